The molecule has 0 bridgehead atoms. The zero-order valence-corrected chi connectivity index (χ0v) is 20.7. The van der Waals surface area contributed by atoms with E-state index in [4.69, 9.17) is 15.7 Å². The monoisotopic (exact) mass is 475 g/mol. The highest BCUT2D eigenvalue weighted by molar-refractivity contribution is 5.85. The highest BCUT2D eigenvalue weighted by Crippen LogP contribution is 2.24. The summed E-state index contributed by atoms with van der Waals surface area (Å²) in [5, 5.41) is 1.98. The molecule has 184 valence electrons. The van der Waals surface area contributed by atoms with Gasteiger partial charge >= 0.3 is 5.69 Å². The van der Waals surface area contributed by atoms with Crippen molar-refractivity contribution in [1.82, 2.24) is 23.7 Å². The van der Waals surface area contributed by atoms with Gasteiger partial charge in [0.15, 0.2) is 11.2 Å². The van der Waals surface area contributed by atoms with Crippen LogP contribution in [0.5, 0.6) is 0 Å². The van der Waals surface area contributed by atoms with Gasteiger partial charge < -0.3 is 15.2 Å². The summed E-state index contributed by atoms with van der Waals surface area (Å²) < 4.78 is 4.79. The second-order valence-corrected chi connectivity index (χ2v) is 9.60. The summed E-state index contributed by atoms with van der Waals surface area (Å²) in [5.74, 6) is 0.729. The summed E-state index contributed by atoms with van der Waals surface area (Å²) in [6.07, 6.45) is 3.85. The van der Waals surface area contributed by atoms with Crippen molar-refractivity contribution in [3.63, 3.8) is 0 Å². The van der Waals surface area contributed by atoms with Gasteiger partial charge in [0.2, 0.25) is 5.95 Å². The molecule has 0 unspecified atom stereocenters. The van der Waals surface area contributed by atoms with Crippen molar-refractivity contribution < 1.29 is 0 Å². The zero-order chi connectivity index (χ0) is 24.7. The number of fused-ring (bicyclic) bond motifs is 2. The Hall–Kier alpha value is -3.46. The molecule has 1 fully saturated rings. The maximum absolute atomic E-state index is 13.9. The van der Waals surface area contributed by atoms with E-state index >= 15 is 0 Å². The van der Waals surface area contributed by atoms with Gasteiger partial charge in [-0.05, 0) is 37.6 Å². The summed E-state index contributed by atoms with van der Waals surface area (Å²) in [4.78, 5) is 39.0. The van der Waals surface area contributed by atoms with Crippen LogP contribution < -0.4 is 21.9 Å². The van der Waals surface area contributed by atoms with Crippen molar-refractivity contribution in [2.45, 2.75) is 58.7 Å². The van der Waals surface area contributed by atoms with E-state index in [9.17, 15) is 9.59 Å². The van der Waals surface area contributed by atoms with Crippen LogP contribution in [0.2, 0.25) is 0 Å². The summed E-state index contributed by atoms with van der Waals surface area (Å²) in [5.41, 5.74) is 7.98. The highest BCUT2D eigenvalue weighted by atomic mass is 16.2. The molecule has 1 atom stereocenters. The van der Waals surface area contributed by atoms with Crippen LogP contribution >= 0.6 is 0 Å². The van der Waals surface area contributed by atoms with Crippen LogP contribution in [0.4, 0.5) is 5.95 Å². The molecule has 1 aliphatic rings. The van der Waals surface area contributed by atoms with Gasteiger partial charge in [0.05, 0.1) is 12.2 Å². The van der Waals surface area contributed by atoms with Gasteiger partial charge in [-0.25, -0.2) is 4.79 Å². The van der Waals surface area contributed by atoms with Gasteiger partial charge in [0.25, 0.3) is 5.56 Å². The number of unbranched alkanes of at least 4 members (excludes halogenated alkanes) is 1. The molecule has 3 aromatic heterocycles. The molecule has 0 amide bonds. The van der Waals surface area contributed by atoms with E-state index in [0.29, 0.717) is 29.9 Å². The molecule has 35 heavy (non-hydrogen) atoms. The van der Waals surface area contributed by atoms with Gasteiger partial charge in [-0.15, -0.1) is 0 Å². The first kappa shape index (κ1) is 23.3. The molecule has 1 saturated heterocycles. The van der Waals surface area contributed by atoms with Crippen molar-refractivity contribution in [3.05, 3.63) is 62.6 Å². The lowest BCUT2D eigenvalue weighted by Gasteiger charge is -2.31. The zero-order valence-electron chi connectivity index (χ0n) is 20.7. The van der Waals surface area contributed by atoms with Gasteiger partial charge in [0.1, 0.15) is 0 Å². The van der Waals surface area contributed by atoms with Gasteiger partial charge in [-0.1, -0.05) is 37.6 Å². The van der Waals surface area contributed by atoms with Gasteiger partial charge in [-0.2, -0.15) is 4.98 Å². The predicted molar refractivity (Wildman–Crippen MR) is 139 cm³/mol. The normalized spacial score (nSPS) is 16.5. The number of aryl methyl sites for hydroxylation is 3. The van der Waals surface area contributed by atoms with Gasteiger partial charge in [0, 0.05) is 43.8 Å². The Morgan fingerprint density at radius 1 is 1.14 bits per heavy atom. The number of nitrogens with zero attached hydrogens (tertiary/aromatic N) is 6. The number of rotatable bonds is 6. The number of hydrogen-bond donors (Lipinski definition) is 1. The van der Waals surface area contributed by atoms with Crippen molar-refractivity contribution in [2.24, 2.45) is 12.8 Å². The summed E-state index contributed by atoms with van der Waals surface area (Å²) in [7, 11) is 1.69. The first-order valence-electron chi connectivity index (χ1n) is 12.4. The maximum Gasteiger partial charge on any atom is 0.332 e. The number of anilines is 1. The number of nitrogens with two attached hydrogens (primary N) is 1. The lowest BCUT2D eigenvalue weighted by Crippen LogP contribution is -2.44. The quantitative estimate of drug-likeness (QED) is 0.460. The summed E-state index contributed by atoms with van der Waals surface area (Å²) in [6, 6.07) is 10.0. The summed E-state index contributed by atoms with van der Waals surface area (Å²) >= 11 is 0. The summed E-state index contributed by atoms with van der Waals surface area (Å²) in [6.45, 7) is 6.34. The lowest BCUT2D eigenvalue weighted by molar-refractivity contribution is 0.491. The van der Waals surface area contributed by atoms with Crippen LogP contribution in [0.15, 0.2) is 39.9 Å². The molecule has 4 aromatic rings. The van der Waals surface area contributed by atoms with Crippen molar-refractivity contribution in [1.29, 1.82) is 0 Å². The minimum absolute atomic E-state index is 0.0735. The Morgan fingerprint density at radius 2 is 1.94 bits per heavy atom. The van der Waals surface area contributed by atoms with Crippen LogP contribution in [0.25, 0.3) is 21.9 Å². The van der Waals surface area contributed by atoms with E-state index in [1.165, 1.54) is 9.13 Å². The number of benzene rings is 1. The second-order valence-electron chi connectivity index (χ2n) is 9.60. The molecule has 1 aromatic carbocycles. The molecular weight excluding hydrogens is 442 g/mol. The molecule has 9 nitrogen and oxygen atoms in total. The average Bonchev–Trinajstić information content (AvgIpc) is 3.23. The lowest BCUT2D eigenvalue weighted by atomic mass is 10.1. The minimum Gasteiger partial charge on any atom is -0.341 e. The first-order valence-corrected chi connectivity index (χ1v) is 12.4. The average molecular weight is 476 g/mol. The molecule has 0 radical (unpaired) electrons. The number of piperidine rings is 1. The third-order valence-corrected chi connectivity index (χ3v) is 6.94. The number of hydrogen-bond acceptors (Lipinski definition) is 6. The van der Waals surface area contributed by atoms with Crippen LogP contribution in [-0.2, 0) is 20.1 Å². The largest absolute Gasteiger partial charge is 0.341 e. The van der Waals surface area contributed by atoms with Crippen LogP contribution in [0.1, 0.15) is 44.0 Å². The van der Waals surface area contributed by atoms with E-state index in [-0.39, 0.29) is 18.1 Å². The molecule has 4 heterocycles. The van der Waals surface area contributed by atoms with E-state index in [2.05, 4.69) is 11.8 Å². The Bertz CT molecular complexity index is 1510. The number of imidazole rings is 1. The van der Waals surface area contributed by atoms with Crippen molar-refractivity contribution in [2.75, 3.05) is 18.0 Å². The maximum atomic E-state index is 13.9. The van der Waals surface area contributed by atoms with Crippen LogP contribution in [0, 0.1) is 6.92 Å². The van der Waals surface area contributed by atoms with E-state index < -0.39 is 5.69 Å². The number of pyridine rings is 1. The molecule has 1 aliphatic heterocycles. The third-order valence-electron chi connectivity index (χ3n) is 6.94. The fourth-order valence-electron chi connectivity index (χ4n) is 5.15. The Labute approximate surface area is 203 Å². The first-order chi connectivity index (χ1) is 16.9. The second kappa shape index (κ2) is 9.30. The molecule has 0 saturated carbocycles. The van der Waals surface area contributed by atoms with Crippen LogP contribution in [0.3, 0.4) is 0 Å². The fraction of sp³-hybridized carbons (Fsp3) is 0.462. The van der Waals surface area contributed by atoms with Crippen LogP contribution in [-0.4, -0.2) is 42.8 Å². The Balaban J connectivity index is 1.71. The smallest absolute Gasteiger partial charge is 0.332 e. The van der Waals surface area contributed by atoms with Crippen molar-refractivity contribution >= 4 is 27.9 Å². The van der Waals surface area contributed by atoms with E-state index in [0.717, 1.165) is 54.6 Å². The number of aromatic nitrogens is 5. The molecule has 0 spiro atoms. The molecule has 2 N–H and O–H groups in total. The third kappa shape index (κ3) is 4.14. The van der Waals surface area contributed by atoms with Crippen molar-refractivity contribution in [3.8, 4) is 0 Å². The van der Waals surface area contributed by atoms with E-state index in [1.807, 2.05) is 41.8 Å². The molecule has 0 aliphatic carbocycles. The fourth-order valence-corrected chi connectivity index (χ4v) is 5.15. The Morgan fingerprint density at radius 3 is 2.71 bits per heavy atom. The topological polar surface area (TPSA) is 104 Å². The Kier molecular flexibility index (Phi) is 6.19. The highest BCUT2D eigenvalue weighted by Gasteiger charge is 2.26. The predicted octanol–water partition coefficient (Wildman–Crippen LogP) is 2.53. The minimum atomic E-state index is -0.392. The van der Waals surface area contributed by atoms with Gasteiger partial charge in [-0.3, -0.25) is 18.9 Å². The molecule has 9 heteroatoms. The SMILES string of the molecule is CCCCn1c(N2CCC[C@@H](N)C2)nc2c1c(=O)n(Cc1nc(C)cc3ccccc13)c(=O)n2C. The van der Waals surface area contributed by atoms with E-state index in [1.54, 1.807) is 7.05 Å². The molecule has 5 rings (SSSR count). The molecular formula is C26H33N7O2. The standard InChI is InChI=1S/C26H33N7O2/c1-4-5-13-32-22-23(29-25(32)31-12-8-10-19(27)15-31)30(3)26(35)33(24(22)34)16-21-20-11-7-6-9-18(20)14-17(2)28-21/h6-7,9,11,14,19H,4-5,8,10,12-13,15-16,27H2,1-3H3/t19-/m1/s1.